The van der Waals surface area contributed by atoms with Crippen molar-refractivity contribution in [1.29, 1.82) is 0 Å². The lowest BCUT2D eigenvalue weighted by Gasteiger charge is -2.09. The molecule has 0 radical (unpaired) electrons. The molecule has 0 saturated heterocycles. The summed E-state index contributed by atoms with van der Waals surface area (Å²) in [6, 6.07) is 17.1. The molecule has 0 aliphatic heterocycles. The first-order chi connectivity index (χ1) is 12.7. The van der Waals surface area contributed by atoms with E-state index in [4.69, 9.17) is 4.74 Å². The van der Waals surface area contributed by atoms with Crippen LogP contribution in [0.5, 0.6) is 5.75 Å². The minimum Gasteiger partial charge on any atom is -0.495 e. The van der Waals surface area contributed by atoms with Crippen LogP contribution < -0.4 is 15.4 Å². The maximum Gasteiger partial charge on any atom is 0.325 e. The highest BCUT2D eigenvalue weighted by atomic mass is 32.2. The standard InChI is InChI=1S/C18H18N4O2S2/c1-24-15-10-6-5-9-14(15)19-17(23)20-18-22-21-16(26-18)12-25-11-13-7-3-2-4-8-13/h2-10H,11-12H2,1H3,(H2,19,20,22,23). The zero-order valence-electron chi connectivity index (χ0n) is 14.1. The second-order valence-electron chi connectivity index (χ2n) is 5.26. The number of benzene rings is 2. The van der Waals surface area contributed by atoms with Crippen molar-refractivity contribution in [3.8, 4) is 5.75 Å². The fraction of sp³-hybridized carbons (Fsp3) is 0.167. The van der Waals surface area contributed by atoms with E-state index in [1.54, 1.807) is 31.0 Å². The van der Waals surface area contributed by atoms with Gasteiger partial charge in [0.2, 0.25) is 5.13 Å². The summed E-state index contributed by atoms with van der Waals surface area (Å²) in [7, 11) is 1.56. The van der Waals surface area contributed by atoms with Crippen LogP contribution in [-0.2, 0) is 11.5 Å². The molecule has 0 fully saturated rings. The minimum atomic E-state index is -0.380. The number of hydrogen-bond donors (Lipinski definition) is 2. The van der Waals surface area contributed by atoms with Crippen LogP contribution in [0.25, 0.3) is 0 Å². The fourth-order valence-corrected chi connectivity index (χ4v) is 3.97. The van der Waals surface area contributed by atoms with Crippen LogP contribution in [0.2, 0.25) is 0 Å². The van der Waals surface area contributed by atoms with Gasteiger partial charge < -0.3 is 10.1 Å². The molecule has 0 atom stereocenters. The summed E-state index contributed by atoms with van der Waals surface area (Å²) < 4.78 is 5.21. The molecular formula is C18H18N4O2S2. The van der Waals surface area contributed by atoms with Crippen molar-refractivity contribution >= 4 is 39.9 Å². The van der Waals surface area contributed by atoms with Crippen molar-refractivity contribution in [3.05, 3.63) is 65.2 Å². The Morgan fingerprint density at radius 1 is 1.04 bits per heavy atom. The third kappa shape index (κ3) is 5.21. The normalized spacial score (nSPS) is 10.3. The lowest BCUT2D eigenvalue weighted by Crippen LogP contribution is -2.19. The van der Waals surface area contributed by atoms with Gasteiger partial charge >= 0.3 is 6.03 Å². The molecular weight excluding hydrogens is 368 g/mol. The molecule has 0 aliphatic rings. The van der Waals surface area contributed by atoms with Gasteiger partial charge in [-0.2, -0.15) is 0 Å². The van der Waals surface area contributed by atoms with E-state index < -0.39 is 0 Å². The summed E-state index contributed by atoms with van der Waals surface area (Å²) in [5, 5.41) is 14.9. The van der Waals surface area contributed by atoms with E-state index in [1.807, 2.05) is 30.3 Å². The number of para-hydroxylation sites is 2. The van der Waals surface area contributed by atoms with Crippen LogP contribution in [0.3, 0.4) is 0 Å². The summed E-state index contributed by atoms with van der Waals surface area (Å²) in [5.41, 5.74) is 1.87. The monoisotopic (exact) mass is 386 g/mol. The average molecular weight is 387 g/mol. The second kappa shape index (κ2) is 9.21. The number of nitrogens with one attached hydrogen (secondary N) is 2. The van der Waals surface area contributed by atoms with Gasteiger partial charge in [0.05, 0.1) is 12.8 Å². The van der Waals surface area contributed by atoms with Crippen molar-refractivity contribution < 1.29 is 9.53 Å². The number of anilines is 2. The molecule has 3 aromatic rings. The Morgan fingerprint density at radius 3 is 2.62 bits per heavy atom. The number of nitrogens with zero attached hydrogens (tertiary/aromatic N) is 2. The Kier molecular flexibility index (Phi) is 6.45. The number of carbonyl (C=O) groups is 1. The highest BCUT2D eigenvalue weighted by molar-refractivity contribution is 7.97. The van der Waals surface area contributed by atoms with Crippen molar-refractivity contribution in [2.75, 3.05) is 17.7 Å². The van der Waals surface area contributed by atoms with Crippen molar-refractivity contribution in [2.24, 2.45) is 0 Å². The number of carbonyl (C=O) groups excluding carboxylic acids is 1. The molecule has 134 valence electrons. The molecule has 26 heavy (non-hydrogen) atoms. The van der Waals surface area contributed by atoms with Gasteiger partial charge in [0, 0.05) is 11.5 Å². The number of amides is 2. The van der Waals surface area contributed by atoms with Crippen LogP contribution in [-0.4, -0.2) is 23.3 Å². The van der Waals surface area contributed by atoms with Crippen LogP contribution >= 0.6 is 23.1 Å². The van der Waals surface area contributed by atoms with Crippen LogP contribution in [0, 0.1) is 0 Å². The smallest absolute Gasteiger partial charge is 0.325 e. The predicted octanol–water partition coefficient (Wildman–Crippen LogP) is 4.62. The molecule has 0 unspecified atom stereocenters. The largest absolute Gasteiger partial charge is 0.495 e. The lowest BCUT2D eigenvalue weighted by molar-refractivity contribution is 0.262. The fourth-order valence-electron chi connectivity index (χ4n) is 2.19. The number of thioether (sulfide) groups is 1. The Morgan fingerprint density at radius 2 is 1.81 bits per heavy atom. The molecule has 6 nitrogen and oxygen atoms in total. The topological polar surface area (TPSA) is 76.1 Å². The first-order valence-corrected chi connectivity index (χ1v) is 9.87. The third-order valence-corrected chi connectivity index (χ3v) is 5.42. The van der Waals surface area contributed by atoms with Crippen molar-refractivity contribution in [2.45, 2.75) is 11.5 Å². The maximum absolute atomic E-state index is 12.1. The molecule has 1 aromatic heterocycles. The number of rotatable bonds is 7. The molecule has 2 amide bonds. The summed E-state index contributed by atoms with van der Waals surface area (Å²) in [6.45, 7) is 0. The summed E-state index contributed by atoms with van der Waals surface area (Å²) >= 11 is 3.13. The second-order valence-corrected chi connectivity index (χ2v) is 7.31. The molecule has 2 N–H and O–H groups in total. The van der Waals surface area contributed by atoms with Gasteiger partial charge in [0.15, 0.2) is 0 Å². The predicted molar refractivity (Wildman–Crippen MR) is 107 cm³/mol. The van der Waals surface area contributed by atoms with Crippen molar-refractivity contribution in [3.63, 3.8) is 0 Å². The number of ether oxygens (including phenoxy) is 1. The number of hydrogen-bond acceptors (Lipinski definition) is 6. The molecule has 0 spiro atoms. The van der Waals surface area contributed by atoms with Crippen LogP contribution in [0.4, 0.5) is 15.6 Å². The van der Waals surface area contributed by atoms with E-state index in [0.29, 0.717) is 16.6 Å². The Labute approximate surface area is 160 Å². The highest BCUT2D eigenvalue weighted by Crippen LogP contribution is 2.25. The third-order valence-electron chi connectivity index (χ3n) is 3.38. The van der Waals surface area contributed by atoms with E-state index in [-0.39, 0.29) is 6.03 Å². The molecule has 0 aliphatic carbocycles. The summed E-state index contributed by atoms with van der Waals surface area (Å²) in [5.74, 6) is 2.26. The Hall–Kier alpha value is -2.58. The first kappa shape index (κ1) is 18.2. The molecule has 8 heteroatoms. The van der Waals surface area contributed by atoms with Gasteiger partial charge in [-0.25, -0.2) is 4.79 Å². The number of aromatic nitrogens is 2. The SMILES string of the molecule is COc1ccccc1NC(=O)Nc1nnc(CSCc2ccccc2)s1. The minimum absolute atomic E-state index is 0.380. The van der Waals surface area contributed by atoms with Crippen molar-refractivity contribution in [1.82, 2.24) is 10.2 Å². The van der Waals surface area contributed by atoms with E-state index in [1.165, 1.54) is 16.9 Å². The quantitative estimate of drug-likeness (QED) is 0.619. The molecule has 0 saturated carbocycles. The first-order valence-electron chi connectivity index (χ1n) is 7.89. The highest BCUT2D eigenvalue weighted by Gasteiger charge is 2.10. The average Bonchev–Trinajstić information content (AvgIpc) is 3.10. The molecule has 2 aromatic carbocycles. The van der Waals surface area contributed by atoms with E-state index in [0.717, 1.165) is 16.5 Å². The van der Waals surface area contributed by atoms with Gasteiger partial charge in [-0.3, -0.25) is 5.32 Å². The number of methoxy groups -OCH3 is 1. The van der Waals surface area contributed by atoms with Crippen LogP contribution in [0.1, 0.15) is 10.6 Å². The van der Waals surface area contributed by atoms with Gasteiger partial charge in [0.25, 0.3) is 0 Å². The molecule has 0 bridgehead atoms. The maximum atomic E-state index is 12.1. The zero-order valence-corrected chi connectivity index (χ0v) is 15.8. The summed E-state index contributed by atoms with van der Waals surface area (Å²) in [6.07, 6.45) is 0. The number of urea groups is 1. The van der Waals surface area contributed by atoms with Gasteiger partial charge in [-0.15, -0.1) is 22.0 Å². The van der Waals surface area contributed by atoms with Gasteiger partial charge in [-0.05, 0) is 17.7 Å². The lowest BCUT2D eigenvalue weighted by atomic mass is 10.2. The summed E-state index contributed by atoms with van der Waals surface area (Å²) in [4.78, 5) is 12.1. The van der Waals surface area contributed by atoms with Crippen LogP contribution in [0.15, 0.2) is 54.6 Å². The van der Waals surface area contributed by atoms with Gasteiger partial charge in [-0.1, -0.05) is 53.8 Å². The Bertz CT molecular complexity index is 855. The molecule has 1 heterocycles. The van der Waals surface area contributed by atoms with E-state index in [2.05, 4.69) is 33.0 Å². The zero-order chi connectivity index (χ0) is 18.2. The Balaban J connectivity index is 1.49. The van der Waals surface area contributed by atoms with E-state index >= 15 is 0 Å². The van der Waals surface area contributed by atoms with Gasteiger partial charge in [0.1, 0.15) is 10.8 Å². The van der Waals surface area contributed by atoms with E-state index in [9.17, 15) is 4.79 Å². The molecule has 3 rings (SSSR count).